The number of aromatic nitrogens is 1. The molecule has 1 atom stereocenters. The fourth-order valence-corrected chi connectivity index (χ4v) is 4.71. The van der Waals surface area contributed by atoms with Crippen LogP contribution in [0, 0.1) is 0 Å². The molecule has 1 aliphatic carbocycles. The molecule has 1 fully saturated rings. The van der Waals surface area contributed by atoms with Gasteiger partial charge in [-0.15, -0.1) is 11.3 Å². The van der Waals surface area contributed by atoms with Gasteiger partial charge >= 0.3 is 0 Å². The van der Waals surface area contributed by atoms with E-state index in [1.54, 1.807) is 4.88 Å². The van der Waals surface area contributed by atoms with E-state index in [0.29, 0.717) is 12.0 Å². The third-order valence-corrected chi connectivity index (χ3v) is 5.90. The summed E-state index contributed by atoms with van der Waals surface area (Å²) in [6.07, 6.45) is 9.34. The zero-order valence-corrected chi connectivity index (χ0v) is 14.3. The summed E-state index contributed by atoms with van der Waals surface area (Å²) in [5, 5.41) is 4.91. The Morgan fingerprint density at radius 3 is 2.67 bits per heavy atom. The molecular weight excluding hydrogens is 278 g/mol. The van der Waals surface area contributed by atoms with Gasteiger partial charge in [0, 0.05) is 36.5 Å². The maximum atomic E-state index is 5.08. The highest BCUT2D eigenvalue weighted by molar-refractivity contribution is 7.15. The van der Waals surface area contributed by atoms with Crippen LogP contribution in [0.5, 0.6) is 0 Å². The maximum Gasteiger partial charge on any atom is 0.185 e. The Balaban J connectivity index is 1.73. The van der Waals surface area contributed by atoms with Crippen molar-refractivity contribution in [2.75, 3.05) is 24.5 Å². The van der Waals surface area contributed by atoms with Crippen LogP contribution in [0.15, 0.2) is 0 Å². The van der Waals surface area contributed by atoms with Crippen LogP contribution in [0.4, 0.5) is 5.13 Å². The average molecular weight is 308 g/mol. The second kappa shape index (κ2) is 7.10. The molecule has 1 aromatic heterocycles. The van der Waals surface area contributed by atoms with Crippen molar-refractivity contribution in [2.24, 2.45) is 0 Å². The van der Waals surface area contributed by atoms with E-state index in [1.807, 2.05) is 11.3 Å². The summed E-state index contributed by atoms with van der Waals surface area (Å²) in [4.78, 5) is 9.19. The highest BCUT2D eigenvalue weighted by Gasteiger charge is 2.26. The second-order valence-corrected chi connectivity index (χ2v) is 7.92. The Bertz CT molecular complexity index is 447. The summed E-state index contributed by atoms with van der Waals surface area (Å²) < 4.78 is 0. The number of rotatable bonds is 4. The lowest BCUT2D eigenvalue weighted by molar-refractivity contribution is 0.474. The van der Waals surface area contributed by atoms with Crippen LogP contribution in [0.25, 0.3) is 0 Å². The third-order valence-electron chi connectivity index (χ3n) is 4.71. The highest BCUT2D eigenvalue weighted by Crippen LogP contribution is 2.38. The molecule has 1 saturated heterocycles. The molecule has 0 bridgehead atoms. The molecule has 3 nitrogen and oxygen atoms in total. The topological polar surface area (TPSA) is 28.2 Å². The second-order valence-electron chi connectivity index (χ2n) is 6.86. The first-order valence-corrected chi connectivity index (χ1v) is 9.53. The zero-order valence-electron chi connectivity index (χ0n) is 13.5. The van der Waals surface area contributed by atoms with Crippen LogP contribution in [0.3, 0.4) is 0 Å². The van der Waals surface area contributed by atoms with Crippen LogP contribution in [0.1, 0.15) is 68.9 Å². The first-order chi connectivity index (χ1) is 10.2. The maximum absolute atomic E-state index is 5.08. The molecule has 1 N–H and O–H groups in total. The summed E-state index contributed by atoms with van der Waals surface area (Å²) in [6, 6.07) is 0.569. The minimum absolute atomic E-state index is 0.569. The molecule has 0 saturated carbocycles. The minimum atomic E-state index is 0.569. The van der Waals surface area contributed by atoms with Gasteiger partial charge in [0.05, 0.1) is 5.69 Å². The summed E-state index contributed by atoms with van der Waals surface area (Å²) in [5.74, 6) is 0.633. The quantitative estimate of drug-likeness (QED) is 0.913. The molecule has 2 heterocycles. The average Bonchev–Trinajstić information content (AvgIpc) is 2.72. The van der Waals surface area contributed by atoms with Crippen LogP contribution >= 0.6 is 11.3 Å². The van der Waals surface area contributed by atoms with Crippen LogP contribution in [-0.2, 0) is 6.42 Å². The lowest BCUT2D eigenvalue weighted by Crippen LogP contribution is -2.29. The fourth-order valence-electron chi connectivity index (χ4n) is 3.47. The van der Waals surface area contributed by atoms with Gasteiger partial charge in [0.25, 0.3) is 0 Å². The van der Waals surface area contributed by atoms with Crippen molar-refractivity contribution in [3.05, 3.63) is 10.6 Å². The van der Waals surface area contributed by atoms with E-state index in [9.17, 15) is 0 Å². The van der Waals surface area contributed by atoms with Crippen molar-refractivity contribution in [3.63, 3.8) is 0 Å². The van der Waals surface area contributed by atoms with E-state index >= 15 is 0 Å². The number of hydrogen-bond donors (Lipinski definition) is 1. The van der Waals surface area contributed by atoms with Crippen molar-refractivity contribution in [3.8, 4) is 0 Å². The number of hydrogen-bond acceptors (Lipinski definition) is 4. The lowest BCUT2D eigenvalue weighted by Gasteiger charge is -2.22. The number of fused-ring (bicyclic) bond motifs is 1. The largest absolute Gasteiger partial charge is 0.348 e. The van der Waals surface area contributed by atoms with E-state index in [1.165, 1.54) is 68.9 Å². The van der Waals surface area contributed by atoms with Crippen LogP contribution in [0.2, 0.25) is 0 Å². The first-order valence-electron chi connectivity index (χ1n) is 8.72. The van der Waals surface area contributed by atoms with Gasteiger partial charge in [0.15, 0.2) is 5.13 Å². The fraction of sp³-hybridized carbons (Fsp3) is 0.824. The Kier molecular flexibility index (Phi) is 5.17. The Hall–Kier alpha value is -0.610. The Morgan fingerprint density at radius 2 is 1.95 bits per heavy atom. The van der Waals surface area contributed by atoms with E-state index in [0.717, 1.165) is 6.54 Å². The number of thiazole rings is 1. The number of aryl methyl sites for hydroxylation is 1. The minimum Gasteiger partial charge on any atom is -0.348 e. The van der Waals surface area contributed by atoms with Gasteiger partial charge in [0.1, 0.15) is 0 Å². The van der Waals surface area contributed by atoms with E-state index in [4.69, 9.17) is 4.98 Å². The van der Waals surface area contributed by atoms with Crippen molar-refractivity contribution in [2.45, 2.75) is 70.8 Å². The number of nitrogens with zero attached hydrogens (tertiary/aromatic N) is 2. The van der Waals surface area contributed by atoms with E-state index < -0.39 is 0 Å². The smallest absolute Gasteiger partial charge is 0.185 e. The van der Waals surface area contributed by atoms with Gasteiger partial charge in [-0.3, -0.25) is 0 Å². The summed E-state index contributed by atoms with van der Waals surface area (Å²) >= 11 is 1.98. The van der Waals surface area contributed by atoms with Crippen molar-refractivity contribution >= 4 is 16.5 Å². The van der Waals surface area contributed by atoms with Gasteiger partial charge < -0.3 is 10.2 Å². The molecule has 118 valence electrons. The Morgan fingerprint density at radius 1 is 1.19 bits per heavy atom. The molecular formula is C17H29N3S. The molecule has 3 rings (SSSR count). The molecule has 0 amide bonds. The molecule has 0 aromatic carbocycles. The van der Waals surface area contributed by atoms with Gasteiger partial charge in [-0.25, -0.2) is 4.98 Å². The van der Waals surface area contributed by atoms with Gasteiger partial charge in [0.2, 0.25) is 0 Å². The molecule has 21 heavy (non-hydrogen) atoms. The van der Waals surface area contributed by atoms with E-state index in [-0.39, 0.29) is 0 Å². The number of anilines is 1. The summed E-state index contributed by atoms with van der Waals surface area (Å²) in [5.41, 5.74) is 1.42. The van der Waals surface area contributed by atoms with Gasteiger partial charge in [-0.05, 0) is 32.1 Å². The van der Waals surface area contributed by atoms with Crippen molar-refractivity contribution < 1.29 is 0 Å². The highest BCUT2D eigenvalue weighted by atomic mass is 32.1. The van der Waals surface area contributed by atoms with E-state index in [2.05, 4.69) is 24.1 Å². The molecule has 2 aliphatic rings. The van der Waals surface area contributed by atoms with Crippen LogP contribution < -0.4 is 10.2 Å². The molecule has 1 unspecified atom stereocenters. The summed E-state index contributed by atoms with van der Waals surface area (Å²) in [6.45, 7) is 7.97. The molecule has 4 heteroatoms. The summed E-state index contributed by atoms with van der Waals surface area (Å²) in [7, 11) is 0. The predicted octanol–water partition coefficient (Wildman–Crippen LogP) is 3.94. The SMILES string of the molecule is CC(C)NCC1CCCc2sc(N3CCCCCC3)nc21. The molecule has 1 aromatic rings. The Labute approximate surface area is 133 Å². The predicted molar refractivity (Wildman–Crippen MR) is 91.6 cm³/mol. The molecule has 1 aliphatic heterocycles. The van der Waals surface area contributed by atoms with Crippen molar-refractivity contribution in [1.29, 1.82) is 0 Å². The number of nitrogens with one attached hydrogen (secondary N) is 1. The lowest BCUT2D eigenvalue weighted by atomic mass is 9.91. The van der Waals surface area contributed by atoms with Gasteiger partial charge in [-0.1, -0.05) is 26.7 Å². The van der Waals surface area contributed by atoms with Crippen molar-refractivity contribution in [1.82, 2.24) is 10.3 Å². The molecule has 0 spiro atoms. The zero-order chi connectivity index (χ0) is 14.7. The normalized spacial score (nSPS) is 23.2. The third kappa shape index (κ3) is 3.78. The van der Waals surface area contributed by atoms with Gasteiger partial charge in [-0.2, -0.15) is 0 Å². The molecule has 0 radical (unpaired) electrons. The first kappa shape index (κ1) is 15.3. The monoisotopic (exact) mass is 307 g/mol. The standard InChI is InChI=1S/C17H29N3S/c1-13(2)18-12-14-8-7-9-15-16(14)19-17(21-15)20-10-5-3-4-6-11-20/h13-14,18H,3-12H2,1-2H3. The van der Waals surface area contributed by atoms with Crippen LogP contribution in [-0.4, -0.2) is 30.7 Å².